The minimum absolute atomic E-state index is 0.0765. The molecule has 4 rings (SSSR count). The van der Waals surface area contributed by atoms with Crippen molar-refractivity contribution in [2.45, 2.75) is 31.7 Å². The number of anilines is 2. The van der Waals surface area contributed by atoms with E-state index in [1.165, 1.54) is 0 Å². The van der Waals surface area contributed by atoms with Crippen LogP contribution in [0.25, 0.3) is 0 Å². The molecular weight excluding hydrogens is 394 g/mol. The van der Waals surface area contributed by atoms with Crippen molar-refractivity contribution in [2.75, 3.05) is 44.2 Å². The van der Waals surface area contributed by atoms with Gasteiger partial charge in [0.2, 0.25) is 5.91 Å². The van der Waals surface area contributed by atoms with Crippen LogP contribution in [0.4, 0.5) is 11.4 Å². The van der Waals surface area contributed by atoms with Crippen LogP contribution in [0.2, 0.25) is 0 Å². The largest absolute Gasteiger partial charge is 0.493 e. The summed E-state index contributed by atoms with van der Waals surface area (Å²) in [5.41, 5.74) is 3.44. The average Bonchev–Trinajstić information content (AvgIpc) is 2.82. The van der Waals surface area contributed by atoms with Gasteiger partial charge in [0.15, 0.2) is 11.5 Å². The minimum Gasteiger partial charge on any atom is -0.493 e. The third kappa shape index (κ3) is 4.04. The fourth-order valence-corrected chi connectivity index (χ4v) is 4.45. The number of likely N-dealkylation sites (N-methyl/N-ethyl adjacent to an activating group) is 1. The SMILES string of the molecule is COc1ccc(CCNC(=O)c2ccc3c(c2)N(C)C(=O)C2CCCCN32)cc1OC. The molecule has 2 aliphatic heterocycles. The number of hydrogen-bond donors (Lipinski definition) is 1. The molecule has 0 radical (unpaired) electrons. The van der Waals surface area contributed by atoms with Crippen LogP contribution < -0.4 is 24.6 Å². The second kappa shape index (κ2) is 8.88. The van der Waals surface area contributed by atoms with Crippen molar-refractivity contribution in [1.29, 1.82) is 0 Å². The first-order chi connectivity index (χ1) is 15.0. The fraction of sp³-hybridized carbons (Fsp3) is 0.417. The summed E-state index contributed by atoms with van der Waals surface area (Å²) in [6, 6.07) is 11.3. The van der Waals surface area contributed by atoms with Crippen molar-refractivity contribution >= 4 is 23.2 Å². The lowest BCUT2D eigenvalue weighted by Gasteiger charge is -2.44. The third-order valence-electron chi connectivity index (χ3n) is 6.17. The van der Waals surface area contributed by atoms with Crippen molar-refractivity contribution in [2.24, 2.45) is 0 Å². The highest BCUT2D eigenvalue weighted by Gasteiger charge is 2.37. The number of nitrogens with one attached hydrogen (secondary N) is 1. The summed E-state index contributed by atoms with van der Waals surface area (Å²) in [7, 11) is 5.01. The highest BCUT2D eigenvalue weighted by atomic mass is 16.5. The Morgan fingerprint density at radius 2 is 1.87 bits per heavy atom. The molecule has 1 fully saturated rings. The molecule has 2 aromatic rings. The Morgan fingerprint density at radius 1 is 1.06 bits per heavy atom. The van der Waals surface area contributed by atoms with Gasteiger partial charge in [-0.3, -0.25) is 9.59 Å². The van der Waals surface area contributed by atoms with E-state index in [2.05, 4.69) is 10.2 Å². The molecule has 2 aromatic carbocycles. The predicted octanol–water partition coefficient (Wildman–Crippen LogP) is 3.01. The number of carbonyl (C=O) groups excluding carboxylic acids is 2. The van der Waals surface area contributed by atoms with Crippen LogP contribution in [-0.2, 0) is 11.2 Å². The van der Waals surface area contributed by atoms with Gasteiger partial charge in [0.05, 0.1) is 25.6 Å². The molecule has 2 amide bonds. The van der Waals surface area contributed by atoms with E-state index in [-0.39, 0.29) is 17.9 Å². The van der Waals surface area contributed by atoms with Gasteiger partial charge in [0.1, 0.15) is 6.04 Å². The molecule has 7 nitrogen and oxygen atoms in total. The minimum atomic E-state index is -0.148. The maximum absolute atomic E-state index is 12.8. The maximum atomic E-state index is 12.8. The summed E-state index contributed by atoms with van der Waals surface area (Å²) < 4.78 is 10.6. The van der Waals surface area contributed by atoms with Crippen molar-refractivity contribution in [3.63, 3.8) is 0 Å². The van der Waals surface area contributed by atoms with Gasteiger partial charge < -0.3 is 24.6 Å². The van der Waals surface area contributed by atoms with Crippen molar-refractivity contribution in [1.82, 2.24) is 5.32 Å². The first-order valence-electron chi connectivity index (χ1n) is 10.7. The van der Waals surface area contributed by atoms with E-state index in [4.69, 9.17) is 9.47 Å². The Kier molecular flexibility index (Phi) is 6.02. The molecule has 1 saturated heterocycles. The molecule has 2 heterocycles. The van der Waals surface area contributed by atoms with Crippen LogP contribution >= 0.6 is 0 Å². The zero-order valence-corrected chi connectivity index (χ0v) is 18.3. The lowest BCUT2D eigenvalue weighted by molar-refractivity contribution is -0.120. The van der Waals surface area contributed by atoms with Gasteiger partial charge in [-0.25, -0.2) is 0 Å². The molecular formula is C24H29N3O4. The summed E-state index contributed by atoms with van der Waals surface area (Å²) in [4.78, 5) is 29.4. The lowest BCUT2D eigenvalue weighted by atomic mass is 9.96. The number of carbonyl (C=O) groups is 2. The number of benzene rings is 2. The third-order valence-corrected chi connectivity index (χ3v) is 6.17. The highest BCUT2D eigenvalue weighted by molar-refractivity contribution is 6.07. The summed E-state index contributed by atoms with van der Waals surface area (Å²) in [5, 5.41) is 2.97. The topological polar surface area (TPSA) is 71.1 Å². The Morgan fingerprint density at radius 3 is 2.65 bits per heavy atom. The van der Waals surface area contributed by atoms with Crippen LogP contribution in [0, 0.1) is 0 Å². The number of methoxy groups -OCH3 is 2. The maximum Gasteiger partial charge on any atom is 0.251 e. The number of nitrogens with zero attached hydrogens (tertiary/aromatic N) is 2. The quantitative estimate of drug-likeness (QED) is 0.773. The van der Waals surface area contributed by atoms with E-state index < -0.39 is 0 Å². The fourth-order valence-electron chi connectivity index (χ4n) is 4.45. The Hall–Kier alpha value is -3.22. The van der Waals surface area contributed by atoms with E-state index in [0.29, 0.717) is 30.0 Å². The Balaban J connectivity index is 1.44. The number of ether oxygens (including phenoxy) is 2. The van der Waals surface area contributed by atoms with Gasteiger partial charge in [-0.05, 0) is 61.6 Å². The lowest BCUT2D eigenvalue weighted by Crippen LogP contribution is -2.54. The molecule has 0 aromatic heterocycles. The molecule has 0 aliphatic carbocycles. The van der Waals surface area contributed by atoms with Gasteiger partial charge in [-0.15, -0.1) is 0 Å². The first-order valence-corrected chi connectivity index (χ1v) is 10.7. The van der Waals surface area contributed by atoms with E-state index in [1.54, 1.807) is 26.2 Å². The zero-order valence-electron chi connectivity index (χ0n) is 18.3. The van der Waals surface area contributed by atoms with Crippen LogP contribution in [0.3, 0.4) is 0 Å². The molecule has 1 N–H and O–H groups in total. The van der Waals surface area contributed by atoms with Crippen molar-refractivity contribution in [3.8, 4) is 11.5 Å². The number of fused-ring (bicyclic) bond motifs is 3. The first kappa shape index (κ1) is 21.0. The number of hydrogen-bond acceptors (Lipinski definition) is 5. The summed E-state index contributed by atoms with van der Waals surface area (Å²) in [6.07, 6.45) is 3.73. The molecule has 0 spiro atoms. The molecule has 1 unspecified atom stereocenters. The standard InChI is InChI=1S/C24H29N3O4/c1-26-20-15-17(8-9-18(20)27-13-5-4-6-19(27)24(26)29)23(28)25-12-11-16-7-10-21(30-2)22(14-16)31-3/h7-10,14-15,19H,4-6,11-13H2,1-3H3,(H,25,28). The normalized spacial score (nSPS) is 17.6. The molecule has 31 heavy (non-hydrogen) atoms. The summed E-state index contributed by atoms with van der Waals surface area (Å²) in [6.45, 7) is 1.38. The van der Waals surface area contributed by atoms with Gasteiger partial charge >= 0.3 is 0 Å². The van der Waals surface area contributed by atoms with Crippen molar-refractivity contribution in [3.05, 3.63) is 47.5 Å². The van der Waals surface area contributed by atoms with E-state index >= 15 is 0 Å². The van der Waals surface area contributed by atoms with E-state index in [9.17, 15) is 9.59 Å². The van der Waals surface area contributed by atoms with E-state index in [1.807, 2.05) is 36.4 Å². The second-order valence-electron chi connectivity index (χ2n) is 8.00. The zero-order chi connectivity index (χ0) is 22.0. The smallest absolute Gasteiger partial charge is 0.251 e. The van der Waals surface area contributed by atoms with Crippen LogP contribution in [0.5, 0.6) is 11.5 Å². The van der Waals surface area contributed by atoms with Gasteiger partial charge in [-0.2, -0.15) is 0 Å². The van der Waals surface area contributed by atoms with Crippen LogP contribution in [0.15, 0.2) is 36.4 Å². The molecule has 2 aliphatic rings. The molecule has 0 saturated carbocycles. The number of piperidine rings is 1. The number of amides is 2. The Bertz CT molecular complexity index is 991. The summed E-state index contributed by atoms with van der Waals surface area (Å²) >= 11 is 0. The molecule has 7 heteroatoms. The average molecular weight is 424 g/mol. The molecule has 0 bridgehead atoms. The molecule has 1 atom stereocenters. The van der Waals surface area contributed by atoms with Gasteiger partial charge in [0.25, 0.3) is 5.91 Å². The predicted molar refractivity (Wildman–Crippen MR) is 120 cm³/mol. The Labute approximate surface area is 182 Å². The highest BCUT2D eigenvalue weighted by Crippen LogP contribution is 2.39. The van der Waals surface area contributed by atoms with Crippen LogP contribution in [-0.4, -0.2) is 52.2 Å². The number of rotatable bonds is 6. The summed E-state index contributed by atoms with van der Waals surface area (Å²) in [5.74, 6) is 1.31. The second-order valence-corrected chi connectivity index (χ2v) is 8.00. The van der Waals surface area contributed by atoms with Gasteiger partial charge in [0, 0.05) is 25.7 Å². The molecule has 164 valence electrons. The van der Waals surface area contributed by atoms with Crippen LogP contribution in [0.1, 0.15) is 35.2 Å². The monoisotopic (exact) mass is 423 g/mol. The van der Waals surface area contributed by atoms with E-state index in [0.717, 1.165) is 42.7 Å². The van der Waals surface area contributed by atoms with Crippen molar-refractivity contribution < 1.29 is 19.1 Å². The van der Waals surface area contributed by atoms with Gasteiger partial charge in [-0.1, -0.05) is 6.07 Å².